The number of nitriles is 1. The molecule has 0 fully saturated rings. The number of benzene rings is 3. The number of hydrogen-bond acceptors (Lipinski definition) is 7. The third-order valence-corrected chi connectivity index (χ3v) is 10.3. The molecule has 0 radical (unpaired) electrons. The van der Waals surface area contributed by atoms with E-state index >= 15 is 0 Å². The van der Waals surface area contributed by atoms with Gasteiger partial charge in [0.2, 0.25) is 0 Å². The number of rotatable bonds is 12. The van der Waals surface area contributed by atoms with Gasteiger partial charge in [-0.25, -0.2) is 9.78 Å². The molecule has 0 spiro atoms. The molecule has 1 aliphatic rings. The maximum Gasteiger partial charge on any atom is 0.338 e. The first-order chi connectivity index (χ1) is 22.2. The number of aliphatic hydroxyl groups is 1. The van der Waals surface area contributed by atoms with E-state index in [0.29, 0.717) is 43.4 Å². The molecule has 0 aliphatic carbocycles. The van der Waals surface area contributed by atoms with Crippen LogP contribution in [0.1, 0.15) is 60.8 Å². The van der Waals surface area contributed by atoms with E-state index in [-0.39, 0.29) is 28.3 Å². The second-order valence-corrected chi connectivity index (χ2v) is 13.5. The Bertz CT molecular complexity index is 1810. The number of sulfonamides is 1. The monoisotopic (exact) mass is 635 g/mol. The van der Waals surface area contributed by atoms with Crippen LogP contribution in [-0.2, 0) is 32.4 Å². The summed E-state index contributed by atoms with van der Waals surface area (Å²) in [7, 11) is -2.60. The minimum absolute atomic E-state index is 0.0115. The molecular weight excluding hydrogens is 598 g/mol. The van der Waals surface area contributed by atoms with Crippen LogP contribution in [0.15, 0.2) is 120 Å². The molecule has 1 aliphatic heterocycles. The molecule has 1 aromatic heterocycles. The van der Waals surface area contributed by atoms with E-state index in [0.717, 1.165) is 15.4 Å². The van der Waals surface area contributed by atoms with Gasteiger partial charge in [-0.15, -0.1) is 0 Å². The number of cyclic esters (lactones) is 1. The minimum atomic E-state index is -4.03. The SMILES string of the molecule is CCC(C1=C(O)CC(CCc2ccccc2)(CCc2ccccc2)OC1=O)c1cccc(N(C)S(=O)(=O)c2ccc(C#N)cn2)c1. The fourth-order valence-electron chi connectivity index (χ4n) is 6.01. The molecule has 9 heteroatoms. The number of nitrogens with zero attached hydrogens (tertiary/aromatic N) is 3. The van der Waals surface area contributed by atoms with Gasteiger partial charge in [-0.05, 0) is 73.1 Å². The van der Waals surface area contributed by atoms with Crippen LogP contribution >= 0.6 is 0 Å². The van der Waals surface area contributed by atoms with Crippen LogP contribution in [-0.4, -0.2) is 37.1 Å². The molecule has 0 bridgehead atoms. The summed E-state index contributed by atoms with van der Waals surface area (Å²) in [6.07, 6.45) is 4.40. The topological polar surface area (TPSA) is 121 Å². The Morgan fingerprint density at radius 3 is 2.11 bits per heavy atom. The fourth-order valence-corrected chi connectivity index (χ4v) is 7.11. The largest absolute Gasteiger partial charge is 0.512 e. The first-order valence-electron chi connectivity index (χ1n) is 15.3. The number of pyridine rings is 1. The lowest BCUT2D eigenvalue weighted by Gasteiger charge is -2.39. The highest BCUT2D eigenvalue weighted by Gasteiger charge is 2.43. The zero-order valence-electron chi connectivity index (χ0n) is 26.0. The highest BCUT2D eigenvalue weighted by Crippen LogP contribution is 2.42. The Balaban J connectivity index is 1.43. The quantitative estimate of drug-likeness (QED) is 0.166. The van der Waals surface area contributed by atoms with E-state index in [1.807, 2.05) is 79.7 Å². The number of carbonyl (C=O) groups excluding carboxylic acids is 1. The highest BCUT2D eigenvalue weighted by atomic mass is 32.2. The number of ether oxygens (including phenoxy) is 1. The van der Waals surface area contributed by atoms with Gasteiger partial charge < -0.3 is 9.84 Å². The average molecular weight is 636 g/mol. The Morgan fingerprint density at radius 1 is 0.957 bits per heavy atom. The number of aromatic nitrogens is 1. The van der Waals surface area contributed by atoms with Gasteiger partial charge >= 0.3 is 5.97 Å². The van der Waals surface area contributed by atoms with Gasteiger partial charge in [0.25, 0.3) is 10.0 Å². The van der Waals surface area contributed by atoms with Gasteiger partial charge in [-0.2, -0.15) is 13.7 Å². The molecule has 0 amide bonds. The van der Waals surface area contributed by atoms with Crippen molar-refractivity contribution in [3.63, 3.8) is 0 Å². The number of anilines is 1. The summed E-state index contributed by atoms with van der Waals surface area (Å²) in [6.45, 7) is 1.92. The number of carbonyl (C=O) groups is 1. The van der Waals surface area contributed by atoms with Crippen molar-refractivity contribution >= 4 is 21.7 Å². The predicted octanol–water partition coefficient (Wildman–Crippen LogP) is 7.04. The summed E-state index contributed by atoms with van der Waals surface area (Å²) in [5, 5.41) is 20.4. The summed E-state index contributed by atoms with van der Waals surface area (Å²) in [5.74, 6) is -1.06. The maximum absolute atomic E-state index is 13.9. The van der Waals surface area contributed by atoms with E-state index in [1.165, 1.54) is 25.4 Å². The molecule has 2 heterocycles. The second kappa shape index (κ2) is 14.0. The molecule has 1 unspecified atom stereocenters. The Hall–Kier alpha value is -4.94. The normalized spacial score (nSPS) is 15.1. The van der Waals surface area contributed by atoms with Crippen molar-refractivity contribution in [2.45, 2.75) is 62.0 Å². The number of aliphatic hydroxyl groups excluding tert-OH is 1. The lowest BCUT2D eigenvalue weighted by molar-refractivity contribution is -0.161. The van der Waals surface area contributed by atoms with Crippen LogP contribution < -0.4 is 4.31 Å². The second-order valence-electron chi connectivity index (χ2n) is 11.6. The zero-order chi connectivity index (χ0) is 32.7. The Morgan fingerprint density at radius 2 is 1.59 bits per heavy atom. The fraction of sp³-hybridized carbons (Fsp3) is 0.270. The van der Waals surface area contributed by atoms with E-state index < -0.39 is 27.5 Å². The van der Waals surface area contributed by atoms with Crippen molar-refractivity contribution in [2.75, 3.05) is 11.4 Å². The van der Waals surface area contributed by atoms with Gasteiger partial charge in [-0.3, -0.25) is 4.31 Å². The van der Waals surface area contributed by atoms with E-state index in [9.17, 15) is 18.3 Å². The first kappa shape index (κ1) is 32.5. The van der Waals surface area contributed by atoms with Crippen molar-refractivity contribution in [1.82, 2.24) is 4.98 Å². The maximum atomic E-state index is 13.9. The molecule has 0 saturated carbocycles. The summed E-state index contributed by atoms with van der Waals surface area (Å²) in [4.78, 5) is 17.8. The molecule has 3 aromatic carbocycles. The molecule has 1 atom stereocenters. The summed E-state index contributed by atoms with van der Waals surface area (Å²) in [6, 6.07) is 31.6. The smallest absolute Gasteiger partial charge is 0.338 e. The molecule has 236 valence electrons. The van der Waals surface area contributed by atoms with E-state index in [1.54, 1.807) is 18.2 Å². The van der Waals surface area contributed by atoms with Gasteiger partial charge in [0, 0.05) is 25.6 Å². The molecule has 0 saturated heterocycles. The molecular formula is C37H37N3O5S. The minimum Gasteiger partial charge on any atom is -0.512 e. The number of esters is 1. The van der Waals surface area contributed by atoms with E-state index in [2.05, 4.69) is 4.98 Å². The molecule has 1 N–H and O–H groups in total. The van der Waals surface area contributed by atoms with Crippen molar-refractivity contribution in [3.05, 3.63) is 137 Å². The van der Waals surface area contributed by atoms with Crippen molar-refractivity contribution in [2.24, 2.45) is 0 Å². The van der Waals surface area contributed by atoms with Crippen LogP contribution in [0.5, 0.6) is 0 Å². The summed E-state index contributed by atoms with van der Waals surface area (Å²) in [5.41, 5.74) is 2.88. The predicted molar refractivity (Wildman–Crippen MR) is 177 cm³/mol. The average Bonchev–Trinajstić information content (AvgIpc) is 3.09. The molecule has 4 aromatic rings. The number of hydrogen-bond donors (Lipinski definition) is 1. The van der Waals surface area contributed by atoms with Crippen molar-refractivity contribution in [3.8, 4) is 6.07 Å². The lowest BCUT2D eigenvalue weighted by Crippen LogP contribution is -2.42. The van der Waals surface area contributed by atoms with Gasteiger partial charge in [0.15, 0.2) is 5.03 Å². The van der Waals surface area contributed by atoms with Crippen molar-refractivity contribution in [1.29, 1.82) is 5.26 Å². The standard InChI is InChI=1S/C37H37N3O5S/c1-3-32(30-15-10-16-31(23-30)40(2)46(43,44)34-18-17-29(25-38)26-39-34)35-33(41)24-37(45-36(35)42,21-19-27-11-6-4-7-12-27)22-20-28-13-8-5-9-14-28/h4-18,23,26,32,41H,3,19-22,24H2,1-2H3. The van der Waals surface area contributed by atoms with Crippen LogP contribution in [0, 0.1) is 11.3 Å². The first-order valence-corrected chi connectivity index (χ1v) is 16.8. The van der Waals surface area contributed by atoms with Crippen LogP contribution in [0.4, 0.5) is 5.69 Å². The summed E-state index contributed by atoms with van der Waals surface area (Å²) >= 11 is 0. The highest BCUT2D eigenvalue weighted by molar-refractivity contribution is 7.92. The van der Waals surface area contributed by atoms with E-state index in [4.69, 9.17) is 10.00 Å². The number of aryl methyl sites for hydroxylation is 2. The van der Waals surface area contributed by atoms with Crippen LogP contribution in [0.3, 0.4) is 0 Å². The Labute approximate surface area is 270 Å². The van der Waals surface area contributed by atoms with Crippen LogP contribution in [0.2, 0.25) is 0 Å². The van der Waals surface area contributed by atoms with Gasteiger partial charge in [-0.1, -0.05) is 79.7 Å². The van der Waals surface area contributed by atoms with Gasteiger partial charge in [0.05, 0.1) is 16.8 Å². The summed E-state index contributed by atoms with van der Waals surface area (Å²) < 4.78 is 34.1. The third kappa shape index (κ3) is 7.13. The molecule has 8 nitrogen and oxygen atoms in total. The van der Waals surface area contributed by atoms with Gasteiger partial charge in [0.1, 0.15) is 17.4 Å². The molecule has 5 rings (SSSR count). The Kier molecular flexibility index (Phi) is 9.88. The zero-order valence-corrected chi connectivity index (χ0v) is 26.8. The molecule has 46 heavy (non-hydrogen) atoms. The van der Waals surface area contributed by atoms with Crippen LogP contribution in [0.25, 0.3) is 0 Å². The lowest BCUT2D eigenvalue weighted by atomic mass is 9.79. The third-order valence-electron chi connectivity index (χ3n) is 8.64. The van der Waals surface area contributed by atoms with Crippen molar-refractivity contribution < 1.29 is 23.1 Å².